The second-order valence-corrected chi connectivity index (χ2v) is 7.02. The number of hydrogen-bond donors (Lipinski definition) is 1. The van der Waals surface area contributed by atoms with Crippen LogP contribution in [-0.2, 0) is 13.0 Å². The van der Waals surface area contributed by atoms with E-state index in [-0.39, 0.29) is 11.1 Å². The summed E-state index contributed by atoms with van der Waals surface area (Å²) in [4.78, 5) is 28.7. The van der Waals surface area contributed by atoms with E-state index in [9.17, 15) is 14.7 Å². The van der Waals surface area contributed by atoms with Crippen molar-refractivity contribution in [2.45, 2.75) is 39.7 Å². The van der Waals surface area contributed by atoms with Gasteiger partial charge in [-0.25, -0.2) is 4.79 Å². The number of hydrogen-bond acceptors (Lipinski definition) is 4. The normalized spacial score (nSPS) is 10.7. The summed E-state index contributed by atoms with van der Waals surface area (Å²) in [5.41, 5.74) is 2.55. The zero-order chi connectivity index (χ0) is 21.5. The second kappa shape index (κ2) is 9.87. The number of benzene rings is 2. The first kappa shape index (κ1) is 21.3. The van der Waals surface area contributed by atoms with Gasteiger partial charge in [-0.3, -0.25) is 9.36 Å². The zero-order valence-electron chi connectivity index (χ0n) is 17.3. The molecule has 6 nitrogen and oxygen atoms in total. The van der Waals surface area contributed by atoms with Crippen molar-refractivity contribution in [1.82, 2.24) is 9.55 Å². The maximum Gasteiger partial charge on any atom is 0.336 e. The highest BCUT2D eigenvalue weighted by atomic mass is 16.5. The van der Waals surface area contributed by atoms with Gasteiger partial charge < -0.3 is 9.84 Å². The molecule has 3 rings (SSSR count). The number of unbranched alkanes of at least 4 members (excludes halogenated alkanes) is 1. The molecule has 3 aromatic rings. The smallest absolute Gasteiger partial charge is 0.336 e. The van der Waals surface area contributed by atoms with Gasteiger partial charge >= 0.3 is 5.97 Å². The van der Waals surface area contributed by atoms with Crippen LogP contribution < -0.4 is 10.3 Å². The van der Waals surface area contributed by atoms with E-state index in [4.69, 9.17) is 4.74 Å². The fraction of sp³-hybridized carbons (Fsp3) is 0.292. The van der Waals surface area contributed by atoms with Crippen molar-refractivity contribution < 1.29 is 14.6 Å². The van der Waals surface area contributed by atoms with Crippen LogP contribution in [-0.4, -0.2) is 27.2 Å². The number of nitrogens with zero attached hydrogens (tertiary/aromatic N) is 2. The zero-order valence-corrected chi connectivity index (χ0v) is 17.3. The molecule has 0 aliphatic rings. The van der Waals surface area contributed by atoms with E-state index in [0.717, 1.165) is 24.0 Å². The fourth-order valence-corrected chi connectivity index (χ4v) is 3.34. The van der Waals surface area contributed by atoms with Crippen molar-refractivity contribution in [3.8, 4) is 17.0 Å². The molecule has 1 aromatic heterocycles. The van der Waals surface area contributed by atoms with Crippen molar-refractivity contribution in [1.29, 1.82) is 0 Å². The predicted octanol–water partition coefficient (Wildman–Crippen LogP) is 4.40. The summed E-state index contributed by atoms with van der Waals surface area (Å²) in [5, 5.41) is 9.41. The minimum atomic E-state index is -0.956. The van der Waals surface area contributed by atoms with Crippen LogP contribution in [0.3, 0.4) is 0 Å². The Morgan fingerprint density at radius 1 is 1.10 bits per heavy atom. The number of carboxylic acids is 1. The van der Waals surface area contributed by atoms with Crippen LogP contribution in [0, 0.1) is 0 Å². The summed E-state index contributed by atoms with van der Waals surface area (Å²) in [5.74, 6) is 0.126. The van der Waals surface area contributed by atoms with Gasteiger partial charge in [-0.2, -0.15) is 4.98 Å². The minimum Gasteiger partial charge on any atom is -0.478 e. The molecule has 1 heterocycles. The Kier molecular flexibility index (Phi) is 7.01. The van der Waals surface area contributed by atoms with Gasteiger partial charge in [0.1, 0.15) is 5.82 Å². The molecular weight excluding hydrogens is 380 g/mol. The Bertz CT molecular complexity index is 1070. The molecule has 0 spiro atoms. The molecule has 0 aliphatic carbocycles. The van der Waals surface area contributed by atoms with E-state index < -0.39 is 5.97 Å². The van der Waals surface area contributed by atoms with Gasteiger partial charge in [-0.1, -0.05) is 55.8 Å². The van der Waals surface area contributed by atoms with Gasteiger partial charge in [0.25, 0.3) is 5.56 Å². The van der Waals surface area contributed by atoms with E-state index in [1.165, 1.54) is 6.07 Å². The Hall–Kier alpha value is -3.41. The first-order valence-corrected chi connectivity index (χ1v) is 10.2. The summed E-state index contributed by atoms with van der Waals surface area (Å²) in [6.45, 7) is 4.83. The Labute approximate surface area is 175 Å². The lowest BCUT2D eigenvalue weighted by Gasteiger charge is -2.14. The molecule has 0 unspecified atom stereocenters. The molecule has 0 saturated heterocycles. The van der Waals surface area contributed by atoms with E-state index in [2.05, 4.69) is 11.9 Å². The maximum absolute atomic E-state index is 12.7. The number of aryl methyl sites for hydroxylation is 1. The molecule has 0 radical (unpaired) electrons. The van der Waals surface area contributed by atoms with Crippen LogP contribution in [0.4, 0.5) is 0 Å². The van der Waals surface area contributed by atoms with Crippen LogP contribution in [0.25, 0.3) is 11.1 Å². The maximum atomic E-state index is 12.7. The van der Waals surface area contributed by atoms with Gasteiger partial charge in [-0.05, 0) is 36.1 Å². The molecule has 1 N–H and O–H groups in total. The predicted molar refractivity (Wildman–Crippen MR) is 116 cm³/mol. The summed E-state index contributed by atoms with van der Waals surface area (Å²) >= 11 is 0. The van der Waals surface area contributed by atoms with Crippen LogP contribution in [0.1, 0.15) is 48.4 Å². The molecule has 0 fully saturated rings. The number of carboxylic acid groups (broad SMARTS) is 1. The number of rotatable bonds is 9. The van der Waals surface area contributed by atoms with Crippen molar-refractivity contribution in [3.63, 3.8) is 0 Å². The lowest BCUT2D eigenvalue weighted by Crippen LogP contribution is -2.25. The first-order chi connectivity index (χ1) is 14.5. The monoisotopic (exact) mass is 406 g/mol. The highest BCUT2D eigenvalue weighted by Gasteiger charge is 2.12. The van der Waals surface area contributed by atoms with Crippen LogP contribution in [0.2, 0.25) is 0 Å². The van der Waals surface area contributed by atoms with Gasteiger partial charge in [0.15, 0.2) is 0 Å². The molecular formula is C24H26N2O4. The number of carbonyl (C=O) groups is 1. The van der Waals surface area contributed by atoms with E-state index in [1.54, 1.807) is 22.8 Å². The number of aromatic carboxylic acids is 1. The number of ether oxygens (including phenoxy) is 1. The quantitative estimate of drug-likeness (QED) is 0.570. The standard InChI is InChI=1S/C24H26N2O4/c1-3-5-10-21-25-22(30-4-2)15-23(27)26(21)16-17-11-13-18(14-12-17)19-8-6-7-9-20(19)24(28)29/h6-9,11-15H,3-5,10,16H2,1-2H3,(H,28,29). The molecule has 0 amide bonds. The largest absolute Gasteiger partial charge is 0.478 e. The van der Waals surface area contributed by atoms with E-state index in [1.807, 2.05) is 37.3 Å². The van der Waals surface area contributed by atoms with Crippen LogP contribution in [0.15, 0.2) is 59.4 Å². The molecule has 0 atom stereocenters. The first-order valence-electron chi connectivity index (χ1n) is 10.2. The van der Waals surface area contributed by atoms with Gasteiger partial charge in [0.05, 0.1) is 24.8 Å². The second-order valence-electron chi connectivity index (χ2n) is 7.02. The third-order valence-corrected chi connectivity index (χ3v) is 4.87. The number of aromatic nitrogens is 2. The average molecular weight is 406 g/mol. The summed E-state index contributed by atoms with van der Waals surface area (Å²) in [6.07, 6.45) is 2.65. The van der Waals surface area contributed by atoms with Crippen LogP contribution in [0.5, 0.6) is 5.88 Å². The Balaban J connectivity index is 1.90. The van der Waals surface area contributed by atoms with Gasteiger partial charge in [0, 0.05) is 6.42 Å². The highest BCUT2D eigenvalue weighted by Crippen LogP contribution is 2.24. The lowest BCUT2D eigenvalue weighted by molar-refractivity contribution is 0.0697. The summed E-state index contributed by atoms with van der Waals surface area (Å²) in [7, 11) is 0. The van der Waals surface area contributed by atoms with Gasteiger partial charge in [0.2, 0.25) is 5.88 Å². The molecule has 0 saturated carbocycles. The topological polar surface area (TPSA) is 81.4 Å². The molecule has 30 heavy (non-hydrogen) atoms. The molecule has 6 heteroatoms. The SMILES string of the molecule is CCCCc1nc(OCC)cc(=O)n1Cc1ccc(-c2ccccc2C(=O)O)cc1. The summed E-state index contributed by atoms with van der Waals surface area (Å²) < 4.78 is 7.11. The fourth-order valence-electron chi connectivity index (χ4n) is 3.34. The summed E-state index contributed by atoms with van der Waals surface area (Å²) in [6, 6.07) is 16.0. The highest BCUT2D eigenvalue weighted by molar-refractivity contribution is 5.95. The lowest BCUT2D eigenvalue weighted by atomic mass is 9.99. The average Bonchev–Trinajstić information content (AvgIpc) is 2.75. The van der Waals surface area contributed by atoms with E-state index >= 15 is 0 Å². The van der Waals surface area contributed by atoms with E-state index in [0.29, 0.717) is 36.8 Å². The Morgan fingerprint density at radius 3 is 2.50 bits per heavy atom. The van der Waals surface area contributed by atoms with Crippen molar-refractivity contribution in [2.75, 3.05) is 6.61 Å². The molecule has 0 aliphatic heterocycles. The third kappa shape index (κ3) is 4.95. The van der Waals surface area contributed by atoms with Crippen molar-refractivity contribution >= 4 is 5.97 Å². The molecule has 2 aromatic carbocycles. The molecule has 156 valence electrons. The third-order valence-electron chi connectivity index (χ3n) is 4.87. The minimum absolute atomic E-state index is 0.139. The molecule has 0 bridgehead atoms. The Morgan fingerprint density at radius 2 is 1.83 bits per heavy atom. The van der Waals surface area contributed by atoms with Crippen LogP contribution >= 0.6 is 0 Å². The van der Waals surface area contributed by atoms with Crippen molar-refractivity contribution in [2.24, 2.45) is 0 Å². The van der Waals surface area contributed by atoms with Crippen molar-refractivity contribution in [3.05, 3.63) is 81.9 Å². The van der Waals surface area contributed by atoms with Gasteiger partial charge in [-0.15, -0.1) is 0 Å².